The number of benzene rings is 2. The van der Waals surface area contributed by atoms with Crippen LogP contribution >= 0.6 is 11.3 Å². The third-order valence-electron chi connectivity index (χ3n) is 3.77. The Morgan fingerprint density at radius 3 is 2.77 bits per heavy atom. The molecule has 2 heterocycles. The molecule has 0 aliphatic carbocycles. The number of hydrogen-bond donors (Lipinski definition) is 1. The van der Waals surface area contributed by atoms with Gasteiger partial charge < -0.3 is 5.32 Å². The second-order valence-electron chi connectivity index (χ2n) is 5.16. The number of nitrogens with one attached hydrogen (secondary N) is 1. The van der Waals surface area contributed by atoms with Crippen molar-refractivity contribution in [1.82, 2.24) is 9.97 Å². The van der Waals surface area contributed by atoms with Gasteiger partial charge in [0.1, 0.15) is 17.0 Å². The lowest BCUT2D eigenvalue weighted by atomic mass is 10.1. The molecule has 108 valence electrons. The molecule has 0 spiro atoms. The van der Waals surface area contributed by atoms with Gasteiger partial charge in [0.2, 0.25) is 0 Å². The quantitative estimate of drug-likeness (QED) is 0.569. The predicted molar refractivity (Wildman–Crippen MR) is 94.0 cm³/mol. The molecule has 3 nitrogen and oxygen atoms in total. The normalized spacial score (nSPS) is 11.1. The molecule has 0 radical (unpaired) electrons. The van der Waals surface area contributed by atoms with Crippen molar-refractivity contribution in [3.05, 3.63) is 59.7 Å². The highest BCUT2D eigenvalue weighted by Crippen LogP contribution is 2.32. The monoisotopic (exact) mass is 305 g/mol. The SMILES string of the molecule is CCc1cc2c(Nc3cccc4ccccc34)ncnc2s1. The molecule has 22 heavy (non-hydrogen) atoms. The largest absolute Gasteiger partial charge is 0.339 e. The zero-order chi connectivity index (χ0) is 14.9. The molecule has 2 aromatic heterocycles. The number of aryl methyl sites for hydroxylation is 1. The van der Waals surface area contributed by atoms with Gasteiger partial charge in [-0.15, -0.1) is 11.3 Å². The first-order chi connectivity index (χ1) is 10.8. The van der Waals surface area contributed by atoms with E-state index in [0.717, 1.165) is 28.1 Å². The highest BCUT2D eigenvalue weighted by Gasteiger charge is 2.09. The molecule has 4 heteroatoms. The summed E-state index contributed by atoms with van der Waals surface area (Å²) in [6, 6.07) is 16.8. The van der Waals surface area contributed by atoms with E-state index in [9.17, 15) is 0 Å². The van der Waals surface area contributed by atoms with Crippen LogP contribution in [0.1, 0.15) is 11.8 Å². The minimum absolute atomic E-state index is 0.873. The van der Waals surface area contributed by atoms with Gasteiger partial charge in [-0.3, -0.25) is 0 Å². The molecule has 0 amide bonds. The van der Waals surface area contributed by atoms with E-state index >= 15 is 0 Å². The van der Waals surface area contributed by atoms with Crippen LogP contribution in [0.5, 0.6) is 0 Å². The number of aromatic nitrogens is 2. The van der Waals surface area contributed by atoms with Crippen molar-refractivity contribution in [2.24, 2.45) is 0 Å². The van der Waals surface area contributed by atoms with E-state index in [4.69, 9.17) is 0 Å². The van der Waals surface area contributed by atoms with Gasteiger partial charge in [-0.25, -0.2) is 9.97 Å². The van der Waals surface area contributed by atoms with E-state index in [-0.39, 0.29) is 0 Å². The van der Waals surface area contributed by atoms with Gasteiger partial charge in [0.05, 0.1) is 5.39 Å². The van der Waals surface area contributed by atoms with Crippen molar-refractivity contribution in [2.45, 2.75) is 13.3 Å². The fourth-order valence-corrected chi connectivity index (χ4v) is 3.58. The van der Waals surface area contributed by atoms with Crippen LogP contribution in [0.4, 0.5) is 11.5 Å². The molecule has 0 bridgehead atoms. The summed E-state index contributed by atoms with van der Waals surface area (Å²) in [7, 11) is 0. The van der Waals surface area contributed by atoms with Crippen molar-refractivity contribution in [3.8, 4) is 0 Å². The van der Waals surface area contributed by atoms with Crippen molar-refractivity contribution in [3.63, 3.8) is 0 Å². The zero-order valence-corrected chi connectivity index (χ0v) is 13.0. The maximum Gasteiger partial charge on any atom is 0.142 e. The Bertz CT molecular complexity index is 954. The Kier molecular flexibility index (Phi) is 3.24. The summed E-state index contributed by atoms with van der Waals surface area (Å²) in [5, 5.41) is 6.99. The number of anilines is 2. The van der Waals surface area contributed by atoms with E-state index in [1.54, 1.807) is 17.7 Å². The number of thiophene rings is 1. The molecule has 0 unspecified atom stereocenters. The van der Waals surface area contributed by atoms with Gasteiger partial charge in [-0.05, 0) is 23.9 Å². The van der Waals surface area contributed by atoms with Gasteiger partial charge in [0, 0.05) is 16.0 Å². The van der Waals surface area contributed by atoms with Crippen LogP contribution in [0.3, 0.4) is 0 Å². The van der Waals surface area contributed by atoms with Crippen LogP contribution in [0, 0.1) is 0 Å². The molecule has 1 N–H and O–H groups in total. The second-order valence-corrected chi connectivity index (χ2v) is 6.27. The van der Waals surface area contributed by atoms with Gasteiger partial charge in [0.15, 0.2) is 0 Å². The average molecular weight is 305 g/mol. The highest BCUT2D eigenvalue weighted by atomic mass is 32.1. The summed E-state index contributed by atoms with van der Waals surface area (Å²) < 4.78 is 0. The summed E-state index contributed by atoms with van der Waals surface area (Å²) in [4.78, 5) is 11.2. The summed E-state index contributed by atoms with van der Waals surface area (Å²) in [6.07, 6.45) is 2.65. The molecule has 0 aliphatic rings. The van der Waals surface area contributed by atoms with E-state index < -0.39 is 0 Å². The van der Waals surface area contributed by atoms with Gasteiger partial charge in [-0.2, -0.15) is 0 Å². The average Bonchev–Trinajstić information content (AvgIpc) is 3.00. The molecule has 4 rings (SSSR count). The lowest BCUT2D eigenvalue weighted by Crippen LogP contribution is -1.95. The van der Waals surface area contributed by atoms with E-state index in [1.165, 1.54) is 15.6 Å². The maximum atomic E-state index is 4.44. The van der Waals surface area contributed by atoms with E-state index in [2.05, 4.69) is 70.7 Å². The number of hydrogen-bond acceptors (Lipinski definition) is 4. The summed E-state index contributed by atoms with van der Waals surface area (Å²) >= 11 is 1.73. The fraction of sp³-hybridized carbons (Fsp3) is 0.111. The molecule has 4 aromatic rings. The Balaban J connectivity index is 1.84. The van der Waals surface area contributed by atoms with E-state index in [0.29, 0.717) is 0 Å². The Hall–Kier alpha value is -2.46. The zero-order valence-electron chi connectivity index (χ0n) is 12.2. The van der Waals surface area contributed by atoms with Crippen LogP contribution in [-0.2, 0) is 6.42 Å². The van der Waals surface area contributed by atoms with Crippen LogP contribution < -0.4 is 5.32 Å². The standard InChI is InChI=1S/C18H15N3S/c1-2-13-10-15-17(19-11-20-18(15)22-13)21-16-9-5-7-12-6-3-4-8-14(12)16/h3-11H,2H2,1H3,(H,19,20,21). The topological polar surface area (TPSA) is 37.8 Å². The van der Waals surface area contributed by atoms with Crippen LogP contribution in [0.2, 0.25) is 0 Å². The smallest absolute Gasteiger partial charge is 0.142 e. The number of fused-ring (bicyclic) bond motifs is 2. The molecule has 0 saturated heterocycles. The van der Waals surface area contributed by atoms with Crippen LogP contribution in [0.25, 0.3) is 21.0 Å². The third kappa shape index (κ3) is 2.22. The minimum atomic E-state index is 0.873. The molecule has 0 aliphatic heterocycles. The molecule has 2 aromatic carbocycles. The highest BCUT2D eigenvalue weighted by molar-refractivity contribution is 7.18. The van der Waals surface area contributed by atoms with Crippen molar-refractivity contribution < 1.29 is 0 Å². The van der Waals surface area contributed by atoms with Crippen molar-refractivity contribution >= 4 is 43.8 Å². The molecule has 0 saturated carbocycles. The first kappa shape index (κ1) is 13.2. The van der Waals surface area contributed by atoms with Gasteiger partial charge in [-0.1, -0.05) is 43.3 Å². The van der Waals surface area contributed by atoms with Crippen molar-refractivity contribution in [1.29, 1.82) is 0 Å². The van der Waals surface area contributed by atoms with Crippen LogP contribution in [-0.4, -0.2) is 9.97 Å². The Morgan fingerprint density at radius 2 is 1.86 bits per heavy atom. The fourth-order valence-electron chi connectivity index (χ4n) is 2.64. The Labute approximate surface area is 132 Å². The second kappa shape index (κ2) is 5.39. The summed E-state index contributed by atoms with van der Waals surface area (Å²) in [6.45, 7) is 2.16. The molecule has 0 fully saturated rings. The molecular formula is C18H15N3S. The first-order valence-electron chi connectivity index (χ1n) is 7.33. The third-order valence-corrected chi connectivity index (χ3v) is 4.96. The summed E-state index contributed by atoms with van der Waals surface area (Å²) in [5.41, 5.74) is 1.07. The van der Waals surface area contributed by atoms with Crippen LogP contribution in [0.15, 0.2) is 54.9 Å². The number of rotatable bonds is 3. The lowest BCUT2D eigenvalue weighted by molar-refractivity contribution is 1.19. The number of nitrogens with zero attached hydrogens (tertiary/aromatic N) is 2. The van der Waals surface area contributed by atoms with Gasteiger partial charge in [0.25, 0.3) is 0 Å². The first-order valence-corrected chi connectivity index (χ1v) is 8.15. The summed E-state index contributed by atoms with van der Waals surface area (Å²) in [5.74, 6) is 0.873. The molecular weight excluding hydrogens is 290 g/mol. The molecule has 0 atom stereocenters. The Morgan fingerprint density at radius 1 is 1.00 bits per heavy atom. The van der Waals surface area contributed by atoms with Gasteiger partial charge >= 0.3 is 0 Å². The van der Waals surface area contributed by atoms with Crippen molar-refractivity contribution in [2.75, 3.05) is 5.32 Å². The minimum Gasteiger partial charge on any atom is -0.339 e. The lowest BCUT2D eigenvalue weighted by Gasteiger charge is -2.09. The predicted octanol–water partition coefficient (Wildman–Crippen LogP) is 5.15. The maximum absolute atomic E-state index is 4.44. The van der Waals surface area contributed by atoms with E-state index in [1.807, 2.05) is 0 Å².